The van der Waals surface area contributed by atoms with Crippen molar-refractivity contribution in [3.05, 3.63) is 24.3 Å². The van der Waals surface area contributed by atoms with Crippen molar-refractivity contribution < 1.29 is 4.74 Å². The molecule has 0 saturated carbocycles. The van der Waals surface area contributed by atoms with Crippen LogP contribution in [0.25, 0.3) is 0 Å². The van der Waals surface area contributed by atoms with E-state index in [1.165, 1.54) is 0 Å². The van der Waals surface area contributed by atoms with Crippen molar-refractivity contribution in [3.8, 4) is 0 Å². The van der Waals surface area contributed by atoms with E-state index in [4.69, 9.17) is 4.74 Å². The van der Waals surface area contributed by atoms with Crippen LogP contribution in [0.5, 0.6) is 0 Å². The van der Waals surface area contributed by atoms with Gasteiger partial charge in [-0.1, -0.05) is 0 Å². The van der Waals surface area contributed by atoms with E-state index in [1.54, 1.807) is 19.5 Å². The summed E-state index contributed by atoms with van der Waals surface area (Å²) in [7, 11) is 1.61. The number of hydrogen-bond donors (Lipinski definition) is 0. The van der Waals surface area contributed by atoms with Crippen LogP contribution in [0.2, 0.25) is 0 Å². The van der Waals surface area contributed by atoms with Gasteiger partial charge >= 0.3 is 0 Å². The van der Waals surface area contributed by atoms with E-state index in [-0.39, 0.29) is 0 Å². The fourth-order valence-electron chi connectivity index (χ4n) is 0.504. The summed E-state index contributed by atoms with van der Waals surface area (Å²) in [5, 5.41) is 0. The number of rotatable bonds is 2. The third-order valence-corrected chi connectivity index (χ3v) is 0.846. The third kappa shape index (κ3) is 1.77. The lowest BCUT2D eigenvalue weighted by Crippen LogP contribution is -1.91. The zero-order chi connectivity index (χ0) is 6.53. The Hall–Kier alpha value is -0.960. The maximum absolute atomic E-state index is 4.79. The van der Waals surface area contributed by atoms with Gasteiger partial charge in [0.1, 0.15) is 6.20 Å². The molecule has 1 aromatic rings. The lowest BCUT2D eigenvalue weighted by molar-refractivity contribution is 0.181. The Morgan fingerprint density at radius 1 is 1.67 bits per heavy atom. The van der Waals surface area contributed by atoms with Gasteiger partial charge < -0.3 is 4.74 Å². The summed E-state index contributed by atoms with van der Waals surface area (Å²) in [6, 6.07) is 0. The Labute approximate surface area is 53.7 Å². The summed E-state index contributed by atoms with van der Waals surface area (Å²) in [6.07, 6.45) is 5.88. The zero-order valence-electron chi connectivity index (χ0n) is 5.16. The first kappa shape index (κ1) is 6.16. The van der Waals surface area contributed by atoms with Gasteiger partial charge in [-0.3, -0.25) is 9.97 Å². The van der Waals surface area contributed by atoms with Crippen LogP contribution in [0.4, 0.5) is 0 Å². The van der Waals surface area contributed by atoms with Gasteiger partial charge in [0.15, 0.2) is 0 Å². The highest BCUT2D eigenvalue weighted by atomic mass is 16.5. The molecule has 9 heavy (non-hydrogen) atoms. The molecule has 1 aromatic heterocycles. The molecule has 0 saturated heterocycles. The standard InChI is InChI=1S/C6H7N2O/c1-9-5-6-4-7-2-3-8-6/h2-3H,5H2,1H3. The van der Waals surface area contributed by atoms with Crippen LogP contribution in [0.15, 0.2) is 12.4 Å². The first-order chi connectivity index (χ1) is 4.43. The van der Waals surface area contributed by atoms with E-state index in [2.05, 4.69) is 16.2 Å². The second-order valence-corrected chi connectivity index (χ2v) is 1.55. The molecule has 0 atom stereocenters. The van der Waals surface area contributed by atoms with Crippen molar-refractivity contribution >= 4 is 0 Å². The molecule has 0 bridgehead atoms. The average Bonchev–Trinajstić information content (AvgIpc) is 1.91. The van der Waals surface area contributed by atoms with Gasteiger partial charge in [-0.05, 0) is 0 Å². The molecule has 0 aliphatic carbocycles. The molecule has 0 aliphatic rings. The minimum absolute atomic E-state index is 0.480. The molecule has 0 spiro atoms. The second-order valence-electron chi connectivity index (χ2n) is 1.55. The van der Waals surface area contributed by atoms with Gasteiger partial charge in [-0.15, -0.1) is 0 Å². The maximum Gasteiger partial charge on any atom is 0.114 e. The smallest absolute Gasteiger partial charge is 0.114 e. The molecule has 0 N–H and O–H groups in total. The molecule has 1 rings (SSSR count). The summed E-state index contributed by atoms with van der Waals surface area (Å²) in [6.45, 7) is 0.480. The number of nitrogens with zero attached hydrogens (tertiary/aromatic N) is 2. The van der Waals surface area contributed by atoms with Gasteiger partial charge in [-0.25, -0.2) is 0 Å². The van der Waals surface area contributed by atoms with Crippen LogP contribution in [0.3, 0.4) is 0 Å². The molecule has 1 radical (unpaired) electrons. The van der Waals surface area contributed by atoms with Gasteiger partial charge in [0.2, 0.25) is 0 Å². The monoisotopic (exact) mass is 123 g/mol. The summed E-state index contributed by atoms with van der Waals surface area (Å²) in [4.78, 5) is 7.66. The van der Waals surface area contributed by atoms with Crippen molar-refractivity contribution in [2.24, 2.45) is 0 Å². The highest BCUT2D eigenvalue weighted by Gasteiger charge is 1.88. The third-order valence-electron chi connectivity index (χ3n) is 0.846. The minimum Gasteiger partial charge on any atom is -0.378 e. The van der Waals surface area contributed by atoms with Crippen LogP contribution in [0.1, 0.15) is 5.69 Å². The molecular weight excluding hydrogens is 116 g/mol. The van der Waals surface area contributed by atoms with E-state index in [0.29, 0.717) is 6.61 Å². The Balaban J connectivity index is 2.61. The van der Waals surface area contributed by atoms with E-state index >= 15 is 0 Å². The highest BCUT2D eigenvalue weighted by molar-refractivity contribution is 4.89. The molecule has 3 nitrogen and oxygen atoms in total. The number of ether oxygens (including phenoxy) is 1. The summed E-state index contributed by atoms with van der Waals surface area (Å²) >= 11 is 0. The van der Waals surface area contributed by atoms with E-state index in [1.807, 2.05) is 0 Å². The Bertz CT molecular complexity index is 164. The fraction of sp³-hybridized carbons (Fsp3) is 0.333. The van der Waals surface area contributed by atoms with Crippen molar-refractivity contribution in [1.82, 2.24) is 9.97 Å². The van der Waals surface area contributed by atoms with Crippen molar-refractivity contribution in [3.63, 3.8) is 0 Å². The molecular formula is C6H7N2O. The van der Waals surface area contributed by atoms with Gasteiger partial charge in [0, 0.05) is 19.5 Å². The van der Waals surface area contributed by atoms with Crippen LogP contribution in [-0.4, -0.2) is 17.1 Å². The minimum atomic E-state index is 0.480. The number of aromatic nitrogens is 2. The molecule has 0 aromatic carbocycles. The Morgan fingerprint density at radius 3 is 3.11 bits per heavy atom. The van der Waals surface area contributed by atoms with Crippen LogP contribution >= 0.6 is 0 Å². The van der Waals surface area contributed by atoms with Crippen LogP contribution < -0.4 is 0 Å². The summed E-state index contributed by atoms with van der Waals surface area (Å²) < 4.78 is 4.79. The van der Waals surface area contributed by atoms with Crippen LogP contribution in [0, 0.1) is 6.20 Å². The molecule has 3 heteroatoms. The molecule has 0 unspecified atom stereocenters. The van der Waals surface area contributed by atoms with E-state index in [9.17, 15) is 0 Å². The lowest BCUT2D eigenvalue weighted by Gasteiger charge is -1.92. The SMILES string of the molecule is COCc1[c]nccn1. The Kier molecular flexibility index (Phi) is 2.15. The Morgan fingerprint density at radius 2 is 2.56 bits per heavy atom. The van der Waals surface area contributed by atoms with Gasteiger partial charge in [-0.2, -0.15) is 0 Å². The van der Waals surface area contributed by atoms with Crippen molar-refractivity contribution in [2.75, 3.05) is 7.11 Å². The molecule has 0 aliphatic heterocycles. The average molecular weight is 123 g/mol. The second kappa shape index (κ2) is 3.14. The van der Waals surface area contributed by atoms with Crippen molar-refractivity contribution in [2.45, 2.75) is 6.61 Å². The first-order valence-corrected chi connectivity index (χ1v) is 2.60. The maximum atomic E-state index is 4.79. The van der Waals surface area contributed by atoms with E-state index < -0.39 is 0 Å². The molecule has 0 fully saturated rings. The largest absolute Gasteiger partial charge is 0.378 e. The summed E-state index contributed by atoms with van der Waals surface area (Å²) in [5.74, 6) is 0. The molecule has 0 amide bonds. The topological polar surface area (TPSA) is 35.0 Å². The van der Waals surface area contributed by atoms with Gasteiger partial charge in [0.25, 0.3) is 0 Å². The first-order valence-electron chi connectivity index (χ1n) is 2.60. The van der Waals surface area contributed by atoms with Gasteiger partial charge in [0.05, 0.1) is 12.3 Å². The fourth-order valence-corrected chi connectivity index (χ4v) is 0.504. The van der Waals surface area contributed by atoms with E-state index in [0.717, 1.165) is 5.69 Å². The number of methoxy groups -OCH3 is 1. The highest BCUT2D eigenvalue weighted by Crippen LogP contribution is 1.88. The molecule has 47 valence electrons. The zero-order valence-corrected chi connectivity index (χ0v) is 5.16. The predicted octanol–water partition coefficient (Wildman–Crippen LogP) is 0.423. The summed E-state index contributed by atoms with van der Waals surface area (Å²) in [5.41, 5.74) is 0.736. The van der Waals surface area contributed by atoms with Crippen molar-refractivity contribution in [1.29, 1.82) is 0 Å². The van der Waals surface area contributed by atoms with Crippen LogP contribution in [-0.2, 0) is 11.3 Å². The molecule has 1 heterocycles. The normalized spacial score (nSPS) is 9.44. The quantitative estimate of drug-likeness (QED) is 0.571. The predicted molar refractivity (Wildman–Crippen MR) is 31.6 cm³/mol. The number of hydrogen-bond acceptors (Lipinski definition) is 3. The lowest BCUT2D eigenvalue weighted by atomic mass is 10.5.